The number of para-hydroxylation sites is 1. The molecule has 5 aromatic rings. The van der Waals surface area contributed by atoms with Gasteiger partial charge in [0.2, 0.25) is 0 Å². The van der Waals surface area contributed by atoms with Crippen molar-refractivity contribution in [3.63, 3.8) is 0 Å². The second-order valence-corrected chi connectivity index (χ2v) is 7.38. The second-order valence-electron chi connectivity index (χ2n) is 7.38. The Balaban J connectivity index is 1.57. The minimum Gasteiger partial charge on any atom is -0.306 e. The molecule has 5 nitrogen and oxygen atoms in total. The molecule has 0 unspecified atom stereocenters. The van der Waals surface area contributed by atoms with Crippen molar-refractivity contribution >= 4 is 33.4 Å². The van der Waals surface area contributed by atoms with Crippen LogP contribution in [-0.2, 0) is 0 Å². The fraction of sp³-hybridized carbons (Fsp3) is 0.0800. The minimum atomic E-state index is -0.175. The molecule has 2 heterocycles. The molecule has 0 radical (unpaired) electrons. The number of rotatable bonds is 3. The zero-order valence-electron chi connectivity index (χ0n) is 16.8. The fourth-order valence-corrected chi connectivity index (χ4v) is 3.81. The van der Waals surface area contributed by atoms with Gasteiger partial charge < -0.3 is 5.32 Å². The van der Waals surface area contributed by atoms with Gasteiger partial charge in [-0.25, -0.2) is 4.98 Å². The van der Waals surface area contributed by atoms with E-state index < -0.39 is 0 Å². The molecule has 3 aromatic carbocycles. The first kappa shape index (κ1) is 18.1. The number of aromatic nitrogens is 3. The summed E-state index contributed by atoms with van der Waals surface area (Å²) < 4.78 is 1.69. The molecule has 146 valence electrons. The maximum atomic E-state index is 13.1. The maximum Gasteiger partial charge on any atom is 0.257 e. The maximum absolute atomic E-state index is 13.1. The van der Waals surface area contributed by atoms with Crippen LogP contribution in [-0.4, -0.2) is 20.7 Å². The number of hydrogen-bond donors (Lipinski definition) is 1. The molecule has 1 amide bonds. The van der Waals surface area contributed by atoms with Gasteiger partial charge in [-0.2, -0.15) is 9.78 Å². The quantitative estimate of drug-likeness (QED) is 0.445. The van der Waals surface area contributed by atoms with Crippen molar-refractivity contribution in [2.75, 3.05) is 5.32 Å². The Kier molecular flexibility index (Phi) is 4.29. The number of anilines is 1. The second kappa shape index (κ2) is 7.12. The van der Waals surface area contributed by atoms with E-state index in [0.717, 1.165) is 32.9 Å². The topological polar surface area (TPSA) is 59.8 Å². The summed E-state index contributed by atoms with van der Waals surface area (Å²) >= 11 is 0. The molecule has 0 aliphatic carbocycles. The number of nitrogens with one attached hydrogen (secondary N) is 1. The van der Waals surface area contributed by atoms with Crippen LogP contribution in [0.25, 0.3) is 27.5 Å². The van der Waals surface area contributed by atoms with Crippen molar-refractivity contribution in [2.24, 2.45) is 0 Å². The molecule has 0 saturated carbocycles. The number of carbonyl (C=O) groups is 1. The predicted octanol–water partition coefficient (Wildman–Crippen LogP) is 5.44. The lowest BCUT2D eigenvalue weighted by molar-refractivity contribution is 0.102. The lowest BCUT2D eigenvalue weighted by Gasteiger charge is -2.11. The van der Waals surface area contributed by atoms with E-state index in [0.29, 0.717) is 17.2 Å². The largest absolute Gasteiger partial charge is 0.306 e. The van der Waals surface area contributed by atoms with Gasteiger partial charge in [-0.15, -0.1) is 0 Å². The van der Waals surface area contributed by atoms with Crippen LogP contribution >= 0.6 is 0 Å². The number of aryl methyl sites for hydroxylation is 2. The molecule has 0 aliphatic rings. The average Bonchev–Trinajstić information content (AvgIpc) is 3.13. The number of nitrogens with zero attached hydrogens (tertiary/aromatic N) is 3. The van der Waals surface area contributed by atoms with E-state index in [4.69, 9.17) is 4.98 Å². The number of fused-ring (bicyclic) bond motifs is 2. The first-order chi connectivity index (χ1) is 14.6. The standard InChI is InChI=1S/C25H20N4O/c1-16-14-23(26-22-13-6-5-10-19(16)22)29-24(15-17(2)28-29)27-25(30)21-12-7-9-18-8-3-4-11-20(18)21/h3-15H,1-2H3,(H,27,30). The van der Waals surface area contributed by atoms with Crippen LogP contribution in [0.2, 0.25) is 0 Å². The first-order valence-corrected chi connectivity index (χ1v) is 9.83. The predicted molar refractivity (Wildman–Crippen MR) is 120 cm³/mol. The van der Waals surface area contributed by atoms with E-state index >= 15 is 0 Å². The molecule has 0 spiro atoms. The van der Waals surface area contributed by atoms with Gasteiger partial charge in [0.1, 0.15) is 5.82 Å². The van der Waals surface area contributed by atoms with Gasteiger partial charge in [0.05, 0.1) is 11.2 Å². The Morgan fingerprint density at radius 2 is 1.60 bits per heavy atom. The molecular weight excluding hydrogens is 372 g/mol. The van der Waals surface area contributed by atoms with E-state index in [2.05, 4.69) is 23.4 Å². The fourth-order valence-electron chi connectivity index (χ4n) is 3.81. The summed E-state index contributed by atoms with van der Waals surface area (Å²) in [7, 11) is 0. The summed E-state index contributed by atoms with van der Waals surface area (Å²) in [5.41, 5.74) is 3.43. The lowest BCUT2D eigenvalue weighted by atomic mass is 10.0. The molecule has 5 rings (SSSR count). The molecule has 0 aliphatic heterocycles. The van der Waals surface area contributed by atoms with Crippen LogP contribution in [0.4, 0.5) is 5.82 Å². The summed E-state index contributed by atoms with van der Waals surface area (Å²) in [6.07, 6.45) is 0. The number of amides is 1. The van der Waals surface area contributed by atoms with Gasteiger partial charge in [-0.05, 0) is 48.4 Å². The van der Waals surface area contributed by atoms with E-state index in [9.17, 15) is 4.79 Å². The molecular formula is C25H20N4O. The van der Waals surface area contributed by atoms with Crippen molar-refractivity contribution in [1.82, 2.24) is 14.8 Å². The molecule has 0 bridgehead atoms. The Labute approximate surface area is 174 Å². The van der Waals surface area contributed by atoms with Crippen molar-refractivity contribution in [1.29, 1.82) is 0 Å². The Morgan fingerprint density at radius 1 is 0.867 bits per heavy atom. The summed E-state index contributed by atoms with van der Waals surface area (Å²) in [6, 6.07) is 25.5. The highest BCUT2D eigenvalue weighted by molar-refractivity contribution is 6.12. The first-order valence-electron chi connectivity index (χ1n) is 9.83. The van der Waals surface area contributed by atoms with Crippen molar-refractivity contribution in [3.8, 4) is 5.82 Å². The van der Waals surface area contributed by atoms with Crippen LogP contribution in [0.3, 0.4) is 0 Å². The van der Waals surface area contributed by atoms with Gasteiger partial charge in [0.15, 0.2) is 5.82 Å². The van der Waals surface area contributed by atoms with Crippen LogP contribution in [0.5, 0.6) is 0 Å². The number of benzene rings is 3. The monoisotopic (exact) mass is 392 g/mol. The van der Waals surface area contributed by atoms with Gasteiger partial charge in [0.25, 0.3) is 5.91 Å². The molecule has 0 atom stereocenters. The van der Waals surface area contributed by atoms with Crippen molar-refractivity contribution < 1.29 is 4.79 Å². The zero-order chi connectivity index (χ0) is 20.7. The number of hydrogen-bond acceptors (Lipinski definition) is 3. The third-order valence-electron chi connectivity index (χ3n) is 5.23. The summed E-state index contributed by atoms with van der Waals surface area (Å²) in [4.78, 5) is 17.9. The molecule has 2 aromatic heterocycles. The minimum absolute atomic E-state index is 0.175. The summed E-state index contributed by atoms with van der Waals surface area (Å²) in [5, 5.41) is 10.7. The number of pyridine rings is 1. The van der Waals surface area contributed by atoms with E-state index in [1.807, 2.05) is 79.7 Å². The molecule has 0 saturated heterocycles. The molecule has 30 heavy (non-hydrogen) atoms. The van der Waals surface area contributed by atoms with Crippen molar-refractivity contribution in [3.05, 3.63) is 95.7 Å². The van der Waals surface area contributed by atoms with E-state index in [1.54, 1.807) is 4.68 Å². The van der Waals surface area contributed by atoms with E-state index in [1.165, 1.54) is 0 Å². The van der Waals surface area contributed by atoms with Crippen LogP contribution in [0.15, 0.2) is 78.9 Å². The summed E-state index contributed by atoms with van der Waals surface area (Å²) in [6.45, 7) is 3.95. The number of carbonyl (C=O) groups excluding carboxylic acids is 1. The molecule has 1 N–H and O–H groups in total. The lowest BCUT2D eigenvalue weighted by Crippen LogP contribution is -2.16. The van der Waals surface area contributed by atoms with Gasteiger partial charge in [0, 0.05) is 17.0 Å². The summed E-state index contributed by atoms with van der Waals surface area (Å²) in [5.74, 6) is 1.09. The van der Waals surface area contributed by atoms with Crippen LogP contribution < -0.4 is 5.32 Å². The van der Waals surface area contributed by atoms with Gasteiger partial charge in [-0.1, -0.05) is 54.6 Å². The highest BCUT2D eigenvalue weighted by atomic mass is 16.1. The third-order valence-corrected chi connectivity index (χ3v) is 5.23. The SMILES string of the molecule is Cc1cc(NC(=O)c2cccc3ccccc23)n(-c2cc(C)c3ccccc3n2)n1. The van der Waals surface area contributed by atoms with Crippen LogP contribution in [0.1, 0.15) is 21.6 Å². The average molecular weight is 392 g/mol. The Hall–Kier alpha value is -3.99. The molecule has 0 fully saturated rings. The molecule has 5 heteroatoms. The Morgan fingerprint density at radius 3 is 2.47 bits per heavy atom. The zero-order valence-corrected chi connectivity index (χ0v) is 16.8. The van der Waals surface area contributed by atoms with Gasteiger partial charge >= 0.3 is 0 Å². The van der Waals surface area contributed by atoms with E-state index in [-0.39, 0.29) is 5.91 Å². The highest BCUT2D eigenvalue weighted by Crippen LogP contribution is 2.24. The smallest absolute Gasteiger partial charge is 0.257 e. The normalized spacial score (nSPS) is 11.1. The highest BCUT2D eigenvalue weighted by Gasteiger charge is 2.16. The third kappa shape index (κ3) is 3.10. The van der Waals surface area contributed by atoms with Gasteiger partial charge in [-0.3, -0.25) is 4.79 Å². The Bertz CT molecular complexity index is 1410. The van der Waals surface area contributed by atoms with Crippen molar-refractivity contribution in [2.45, 2.75) is 13.8 Å². The van der Waals surface area contributed by atoms with Crippen LogP contribution in [0, 0.1) is 13.8 Å².